The molecule has 0 aliphatic heterocycles. The molecule has 0 aromatic carbocycles. The van der Waals surface area contributed by atoms with Crippen molar-refractivity contribution in [3.8, 4) is 0 Å². The van der Waals surface area contributed by atoms with Crippen molar-refractivity contribution in [2.24, 2.45) is 0 Å². The number of hydrogen-bond donors (Lipinski definition) is 6. The van der Waals surface area contributed by atoms with Gasteiger partial charge in [0.25, 0.3) is 0 Å². The van der Waals surface area contributed by atoms with Crippen molar-refractivity contribution >= 4 is 70.7 Å². The number of nitrogens with one attached hydrogen (secondary N) is 6. The van der Waals surface area contributed by atoms with Gasteiger partial charge >= 0.3 is 17.9 Å². The first-order valence-electron chi connectivity index (χ1n) is 38.6. The number of carbonyl (C=O) groups is 3. The minimum atomic E-state index is -0.0992. The van der Waals surface area contributed by atoms with Gasteiger partial charge in [-0.1, -0.05) is 271 Å². The summed E-state index contributed by atoms with van der Waals surface area (Å²) in [6.45, 7) is 12.6. The van der Waals surface area contributed by atoms with Crippen molar-refractivity contribution < 1.29 is 28.6 Å². The molecule has 0 unspecified atom stereocenters. The molecule has 6 N–H and O–H groups in total. The number of hydrogen-bond acceptors (Lipinski definition) is 13. The van der Waals surface area contributed by atoms with Crippen LogP contribution in [0.2, 0.25) is 0 Å². The average Bonchev–Trinajstić information content (AvgIpc) is 3.67. The van der Waals surface area contributed by atoms with E-state index in [1.807, 2.05) is 0 Å². The van der Waals surface area contributed by atoms with E-state index in [2.05, 4.69) is 41.6 Å². The molecule has 0 bridgehead atoms. The maximum atomic E-state index is 12.3. The Morgan fingerprint density at radius 2 is 0.473 bits per heavy atom. The van der Waals surface area contributed by atoms with Crippen molar-refractivity contribution in [3.05, 3.63) is 0 Å². The number of nitrogens with zero attached hydrogens (tertiary/aromatic N) is 1. The van der Waals surface area contributed by atoms with E-state index in [0.29, 0.717) is 95.5 Å². The smallest absolute Gasteiger partial charge is 0.306 e. The van der Waals surface area contributed by atoms with Crippen molar-refractivity contribution in [3.63, 3.8) is 0 Å². The lowest BCUT2D eigenvalue weighted by atomic mass is 10.0. The summed E-state index contributed by atoms with van der Waals surface area (Å²) < 4.78 is 16.5. The van der Waals surface area contributed by atoms with Crippen LogP contribution in [-0.2, 0) is 28.6 Å². The monoisotopic (exact) mass is 1340 g/mol. The summed E-state index contributed by atoms with van der Waals surface area (Å²) >= 11 is 5.26. The molecule has 536 valence electrons. The highest BCUT2D eigenvalue weighted by Gasteiger charge is 2.10. The summed E-state index contributed by atoms with van der Waals surface area (Å²) in [4.78, 5) is 39.2. The van der Waals surface area contributed by atoms with Crippen LogP contribution in [0.15, 0.2) is 0 Å². The molecule has 0 amide bonds. The maximum Gasteiger partial charge on any atom is 0.306 e. The van der Waals surface area contributed by atoms with Crippen LogP contribution < -0.4 is 16.0 Å². The lowest BCUT2D eigenvalue weighted by Crippen LogP contribution is -2.42. The Labute approximate surface area is 574 Å². The number of amidine groups is 3. The average molecular weight is 1340 g/mol. The summed E-state index contributed by atoms with van der Waals surface area (Å²) in [5.74, 6) is 6.22. The van der Waals surface area contributed by atoms with Gasteiger partial charge in [0.15, 0.2) is 0 Å². The molecular formula is C75H147N7O6S3. The number of esters is 3. The van der Waals surface area contributed by atoms with Gasteiger partial charge in [-0.2, -0.15) is 35.3 Å². The van der Waals surface area contributed by atoms with Gasteiger partial charge in [0.05, 0.1) is 56.6 Å². The Bertz CT molecular complexity index is 1440. The fourth-order valence-electron chi connectivity index (χ4n) is 11.2. The third-order valence-corrected chi connectivity index (χ3v) is 20.3. The fraction of sp³-hybridized carbons (Fsp3) is 0.920. The molecular weight excluding hydrogens is 1190 g/mol. The molecule has 0 spiro atoms. The highest BCUT2D eigenvalue weighted by molar-refractivity contribution is 7.99. The fourth-order valence-corrected chi connectivity index (χ4v) is 13.8. The van der Waals surface area contributed by atoms with E-state index >= 15 is 0 Å². The predicted molar refractivity (Wildman–Crippen MR) is 401 cm³/mol. The van der Waals surface area contributed by atoms with Crippen molar-refractivity contribution in [2.75, 3.05) is 93.6 Å². The van der Waals surface area contributed by atoms with Crippen LogP contribution in [0, 0.1) is 16.2 Å². The lowest BCUT2D eigenvalue weighted by Gasteiger charge is -2.24. The summed E-state index contributed by atoms with van der Waals surface area (Å²) in [7, 11) is 0. The molecule has 0 aliphatic rings. The van der Waals surface area contributed by atoms with Gasteiger partial charge in [-0.25, -0.2) is 0 Å². The van der Waals surface area contributed by atoms with E-state index in [1.54, 1.807) is 35.3 Å². The summed E-state index contributed by atoms with van der Waals surface area (Å²) in [6.07, 6.45) is 61.1. The zero-order valence-electron chi connectivity index (χ0n) is 59.8. The molecule has 0 aromatic heterocycles. The number of rotatable bonds is 75. The van der Waals surface area contributed by atoms with Gasteiger partial charge in [-0.15, -0.1) is 0 Å². The van der Waals surface area contributed by atoms with E-state index in [9.17, 15) is 14.4 Å². The summed E-state index contributed by atoms with van der Waals surface area (Å²) in [5, 5.41) is 35.7. The predicted octanol–water partition coefficient (Wildman–Crippen LogP) is 20.8. The number of carbonyl (C=O) groups excluding carboxylic acids is 3. The highest BCUT2D eigenvalue weighted by atomic mass is 32.2. The van der Waals surface area contributed by atoms with Crippen LogP contribution in [0.4, 0.5) is 0 Å². The molecule has 0 radical (unpaired) electrons. The standard InChI is InChI=1S/C75H147N7O6S3/c1-4-7-10-13-16-19-22-25-28-31-34-37-40-43-61-86-73(83)52-67-89-64-46-49-70(76)79-55-58-82(59-56-80-71(77)50-47-65-90-68-53-74(84)87-62-44-41-38-35-32-29-26-23-20-17-14-11-8-5-2)60-57-81-72(78)51-48-66-91-69-54-75(85)88-63-45-42-39-36-33-30-27-24-21-18-15-12-9-6-3/h4-69H2,1-3H3,(H2,76,79)(H2,77,80)(H2,78,81). The Kier molecular flexibility index (Phi) is 73.4. The highest BCUT2D eigenvalue weighted by Crippen LogP contribution is 2.18. The zero-order chi connectivity index (χ0) is 66.1. The third kappa shape index (κ3) is 73.5. The number of thioether (sulfide) groups is 3. The van der Waals surface area contributed by atoms with Crippen LogP contribution >= 0.6 is 35.3 Å². The van der Waals surface area contributed by atoms with Crippen molar-refractivity contribution in [2.45, 2.75) is 348 Å². The van der Waals surface area contributed by atoms with Gasteiger partial charge < -0.3 is 30.2 Å². The Morgan fingerprint density at radius 1 is 0.275 bits per heavy atom. The minimum absolute atomic E-state index is 0.0992. The van der Waals surface area contributed by atoms with Crippen LogP contribution in [0.5, 0.6) is 0 Å². The molecule has 0 heterocycles. The van der Waals surface area contributed by atoms with Gasteiger partial charge in [0, 0.05) is 75.8 Å². The maximum absolute atomic E-state index is 12.3. The Hall–Kier alpha value is -2.17. The summed E-state index contributed by atoms with van der Waals surface area (Å²) in [6, 6.07) is 0. The first-order chi connectivity index (χ1) is 44.7. The molecule has 13 nitrogen and oxygen atoms in total. The largest absolute Gasteiger partial charge is 0.466 e. The molecule has 0 saturated carbocycles. The number of unbranched alkanes of at least 4 members (excludes halogenated alkanes) is 39. The van der Waals surface area contributed by atoms with Gasteiger partial charge in [-0.05, 0) is 55.8 Å². The molecule has 0 saturated heterocycles. The molecule has 0 aliphatic carbocycles. The van der Waals surface area contributed by atoms with E-state index in [4.69, 9.17) is 30.4 Å². The van der Waals surface area contributed by atoms with Crippen LogP contribution in [0.1, 0.15) is 348 Å². The van der Waals surface area contributed by atoms with E-state index in [1.165, 1.54) is 231 Å². The van der Waals surface area contributed by atoms with Crippen molar-refractivity contribution in [1.82, 2.24) is 20.9 Å². The first-order valence-corrected chi connectivity index (χ1v) is 42.0. The van der Waals surface area contributed by atoms with E-state index in [-0.39, 0.29) is 17.9 Å². The second-order valence-corrected chi connectivity index (χ2v) is 29.6. The van der Waals surface area contributed by atoms with Crippen LogP contribution in [0.3, 0.4) is 0 Å². The van der Waals surface area contributed by atoms with E-state index in [0.717, 1.165) is 112 Å². The Morgan fingerprint density at radius 3 is 0.681 bits per heavy atom. The quantitative estimate of drug-likeness (QED) is 0.0111. The molecule has 0 rings (SSSR count). The lowest BCUT2D eigenvalue weighted by molar-refractivity contribution is -0.144. The van der Waals surface area contributed by atoms with Crippen LogP contribution in [-0.4, -0.2) is 134 Å². The summed E-state index contributed by atoms with van der Waals surface area (Å²) in [5.41, 5.74) is 0. The SMILES string of the molecule is CCCCCCCCCCCCCCCCOC(=O)CCSCCCC(=N)NCCN(CCNC(=N)CCCSCCC(=O)OCCCCCCCCCCCCCCCC)CCNC(=N)CCCSCCC(=O)OCCCCCCCCCCCCCCCC. The van der Waals surface area contributed by atoms with Gasteiger partial charge in [-0.3, -0.25) is 35.5 Å². The van der Waals surface area contributed by atoms with E-state index < -0.39 is 0 Å². The number of ether oxygens (including phenoxy) is 3. The molecule has 16 heteroatoms. The molecule has 0 atom stereocenters. The first kappa shape index (κ1) is 88.8. The van der Waals surface area contributed by atoms with Gasteiger partial charge in [0.2, 0.25) is 0 Å². The van der Waals surface area contributed by atoms with Gasteiger partial charge in [0.1, 0.15) is 0 Å². The molecule has 91 heavy (non-hydrogen) atoms. The Balaban J connectivity index is 4.41. The van der Waals surface area contributed by atoms with Crippen molar-refractivity contribution in [1.29, 1.82) is 16.2 Å². The second kappa shape index (κ2) is 75.2. The minimum Gasteiger partial charge on any atom is -0.466 e. The molecule has 0 aromatic rings. The third-order valence-electron chi connectivity index (χ3n) is 17.1. The second-order valence-electron chi connectivity index (χ2n) is 25.9. The molecule has 0 fully saturated rings. The topological polar surface area (TPSA) is 190 Å². The van der Waals surface area contributed by atoms with Crippen LogP contribution in [0.25, 0.3) is 0 Å². The normalized spacial score (nSPS) is 11.3. The zero-order valence-corrected chi connectivity index (χ0v) is 62.2.